The van der Waals surface area contributed by atoms with Crippen LogP contribution in [0.5, 0.6) is 5.75 Å². The number of hydrogen-bond acceptors (Lipinski definition) is 3. The average Bonchev–Trinajstić information content (AvgIpc) is 2.44. The number of nitrogens with one attached hydrogen (secondary N) is 1. The molecule has 1 amide bonds. The topological polar surface area (TPSA) is 61.7 Å². The standard InChI is InChI=1S/C16H16N2O2/c1-11-5-3-7-14(9-11)16(20)18-17-12(2)13-6-4-8-15(19)10-13/h3-10,19H,1-2H3,(H,18,20). The van der Waals surface area contributed by atoms with E-state index in [1.54, 1.807) is 37.3 Å². The Labute approximate surface area is 117 Å². The molecule has 0 aliphatic heterocycles. The first-order valence-electron chi connectivity index (χ1n) is 6.27. The Morgan fingerprint density at radius 3 is 2.50 bits per heavy atom. The van der Waals surface area contributed by atoms with Crippen molar-refractivity contribution in [3.63, 3.8) is 0 Å². The zero-order valence-electron chi connectivity index (χ0n) is 11.4. The number of rotatable bonds is 3. The van der Waals surface area contributed by atoms with Crippen LogP contribution in [-0.2, 0) is 0 Å². The number of phenols is 1. The summed E-state index contributed by atoms with van der Waals surface area (Å²) >= 11 is 0. The van der Waals surface area contributed by atoms with Gasteiger partial charge in [0.1, 0.15) is 5.75 Å². The van der Waals surface area contributed by atoms with Crippen LogP contribution in [0.1, 0.15) is 28.4 Å². The van der Waals surface area contributed by atoms with Gasteiger partial charge in [-0.05, 0) is 38.1 Å². The molecule has 0 unspecified atom stereocenters. The third-order valence-corrected chi connectivity index (χ3v) is 2.87. The Kier molecular flexibility index (Phi) is 4.15. The van der Waals surface area contributed by atoms with Gasteiger partial charge in [0.15, 0.2) is 0 Å². The predicted molar refractivity (Wildman–Crippen MR) is 79.0 cm³/mol. The summed E-state index contributed by atoms with van der Waals surface area (Å²) < 4.78 is 0. The predicted octanol–water partition coefficient (Wildman–Crippen LogP) is 2.85. The van der Waals surface area contributed by atoms with Crippen molar-refractivity contribution in [2.24, 2.45) is 5.10 Å². The number of carbonyl (C=O) groups is 1. The van der Waals surface area contributed by atoms with Gasteiger partial charge in [0.2, 0.25) is 0 Å². The molecule has 4 nitrogen and oxygen atoms in total. The molecule has 102 valence electrons. The molecule has 20 heavy (non-hydrogen) atoms. The lowest BCUT2D eigenvalue weighted by Gasteiger charge is -2.04. The maximum atomic E-state index is 11.9. The number of hydrazone groups is 1. The van der Waals surface area contributed by atoms with Crippen LogP contribution in [0.25, 0.3) is 0 Å². The summed E-state index contributed by atoms with van der Waals surface area (Å²) in [6, 6.07) is 14.0. The van der Waals surface area contributed by atoms with E-state index in [0.29, 0.717) is 11.3 Å². The van der Waals surface area contributed by atoms with Crippen LogP contribution < -0.4 is 5.43 Å². The lowest BCUT2D eigenvalue weighted by atomic mass is 10.1. The fraction of sp³-hybridized carbons (Fsp3) is 0.125. The van der Waals surface area contributed by atoms with Crippen molar-refractivity contribution in [3.05, 3.63) is 65.2 Å². The first kappa shape index (κ1) is 13.8. The molecule has 0 saturated heterocycles. The summed E-state index contributed by atoms with van der Waals surface area (Å²) in [4.78, 5) is 11.9. The number of carbonyl (C=O) groups excluding carboxylic acids is 1. The first-order chi connectivity index (χ1) is 9.56. The molecule has 0 atom stereocenters. The van der Waals surface area contributed by atoms with E-state index >= 15 is 0 Å². The largest absolute Gasteiger partial charge is 0.508 e. The monoisotopic (exact) mass is 268 g/mol. The summed E-state index contributed by atoms with van der Waals surface area (Å²) in [5, 5.41) is 13.5. The number of nitrogens with zero attached hydrogens (tertiary/aromatic N) is 1. The van der Waals surface area contributed by atoms with Gasteiger partial charge in [0.05, 0.1) is 5.71 Å². The molecule has 0 aliphatic carbocycles. The SMILES string of the molecule is CC(=NNC(=O)c1cccc(C)c1)c1cccc(O)c1. The zero-order chi connectivity index (χ0) is 14.5. The molecule has 2 N–H and O–H groups in total. The van der Waals surface area contributed by atoms with E-state index in [2.05, 4.69) is 10.5 Å². The number of benzene rings is 2. The van der Waals surface area contributed by atoms with Gasteiger partial charge in [-0.1, -0.05) is 29.8 Å². The van der Waals surface area contributed by atoms with E-state index in [-0.39, 0.29) is 11.7 Å². The van der Waals surface area contributed by atoms with E-state index < -0.39 is 0 Å². The number of phenolic OH excluding ortho intramolecular Hbond substituents is 1. The molecule has 0 heterocycles. The van der Waals surface area contributed by atoms with E-state index in [1.807, 2.05) is 25.1 Å². The molecule has 0 radical (unpaired) electrons. The summed E-state index contributed by atoms with van der Waals surface area (Å²) in [6.07, 6.45) is 0. The molecular formula is C16H16N2O2. The lowest BCUT2D eigenvalue weighted by Crippen LogP contribution is -2.19. The van der Waals surface area contributed by atoms with Gasteiger partial charge in [0, 0.05) is 11.1 Å². The number of aryl methyl sites for hydroxylation is 1. The fourth-order valence-electron chi connectivity index (χ4n) is 1.78. The first-order valence-corrected chi connectivity index (χ1v) is 6.27. The molecular weight excluding hydrogens is 252 g/mol. The van der Waals surface area contributed by atoms with Gasteiger partial charge in [-0.3, -0.25) is 4.79 Å². The molecule has 0 fully saturated rings. The molecule has 0 bridgehead atoms. The average molecular weight is 268 g/mol. The van der Waals surface area contributed by atoms with Gasteiger partial charge in [-0.2, -0.15) is 5.10 Å². The van der Waals surface area contributed by atoms with Gasteiger partial charge in [0.25, 0.3) is 5.91 Å². The second kappa shape index (κ2) is 6.02. The third-order valence-electron chi connectivity index (χ3n) is 2.87. The van der Waals surface area contributed by atoms with Crippen molar-refractivity contribution in [3.8, 4) is 5.75 Å². The van der Waals surface area contributed by atoms with Crippen LogP contribution in [0.3, 0.4) is 0 Å². The smallest absolute Gasteiger partial charge is 0.271 e. The van der Waals surface area contributed by atoms with Gasteiger partial charge < -0.3 is 5.11 Å². The van der Waals surface area contributed by atoms with Crippen molar-refractivity contribution in [2.45, 2.75) is 13.8 Å². The Balaban J connectivity index is 2.11. The minimum atomic E-state index is -0.256. The van der Waals surface area contributed by atoms with Gasteiger partial charge in [-0.15, -0.1) is 0 Å². The van der Waals surface area contributed by atoms with E-state index in [0.717, 1.165) is 11.1 Å². The van der Waals surface area contributed by atoms with Crippen molar-refractivity contribution in [2.75, 3.05) is 0 Å². The number of hydrogen-bond donors (Lipinski definition) is 2. The van der Waals surface area contributed by atoms with Gasteiger partial charge >= 0.3 is 0 Å². The molecule has 0 aliphatic rings. The third kappa shape index (κ3) is 3.45. The Hall–Kier alpha value is -2.62. The highest BCUT2D eigenvalue weighted by molar-refractivity contribution is 6.01. The second-order valence-corrected chi connectivity index (χ2v) is 4.56. The van der Waals surface area contributed by atoms with Crippen LogP contribution in [0.15, 0.2) is 53.6 Å². The second-order valence-electron chi connectivity index (χ2n) is 4.56. The minimum Gasteiger partial charge on any atom is -0.508 e. The minimum absolute atomic E-state index is 0.169. The highest BCUT2D eigenvalue weighted by atomic mass is 16.3. The Bertz CT molecular complexity index is 663. The van der Waals surface area contributed by atoms with E-state index in [9.17, 15) is 9.90 Å². The Morgan fingerprint density at radius 1 is 1.10 bits per heavy atom. The van der Waals surface area contributed by atoms with Crippen LogP contribution in [0.4, 0.5) is 0 Å². The maximum Gasteiger partial charge on any atom is 0.271 e. The van der Waals surface area contributed by atoms with Crippen LogP contribution in [0.2, 0.25) is 0 Å². The highest BCUT2D eigenvalue weighted by Crippen LogP contribution is 2.11. The molecule has 0 saturated carbocycles. The molecule has 4 heteroatoms. The van der Waals surface area contributed by atoms with E-state index in [1.165, 1.54) is 0 Å². The molecule has 2 aromatic rings. The molecule has 2 aromatic carbocycles. The number of amides is 1. The summed E-state index contributed by atoms with van der Waals surface area (Å²) in [6.45, 7) is 3.70. The van der Waals surface area contributed by atoms with Crippen LogP contribution >= 0.6 is 0 Å². The lowest BCUT2D eigenvalue weighted by molar-refractivity contribution is 0.0954. The highest BCUT2D eigenvalue weighted by Gasteiger charge is 2.05. The van der Waals surface area contributed by atoms with Gasteiger partial charge in [-0.25, -0.2) is 5.43 Å². The molecule has 0 spiro atoms. The summed E-state index contributed by atoms with van der Waals surface area (Å²) in [5.41, 5.74) is 5.48. The normalized spacial score (nSPS) is 11.2. The van der Waals surface area contributed by atoms with Crippen LogP contribution in [-0.4, -0.2) is 16.7 Å². The van der Waals surface area contributed by atoms with Crippen molar-refractivity contribution < 1.29 is 9.90 Å². The van der Waals surface area contributed by atoms with Crippen molar-refractivity contribution >= 4 is 11.6 Å². The van der Waals surface area contributed by atoms with E-state index in [4.69, 9.17) is 0 Å². The maximum absolute atomic E-state index is 11.9. The van der Waals surface area contributed by atoms with Crippen molar-refractivity contribution in [1.29, 1.82) is 0 Å². The Morgan fingerprint density at radius 2 is 1.80 bits per heavy atom. The zero-order valence-corrected chi connectivity index (χ0v) is 11.4. The fourth-order valence-corrected chi connectivity index (χ4v) is 1.78. The number of aromatic hydroxyl groups is 1. The summed E-state index contributed by atoms with van der Waals surface area (Å²) in [5.74, 6) is -0.0877. The van der Waals surface area contributed by atoms with Crippen LogP contribution in [0, 0.1) is 6.92 Å². The molecule has 0 aromatic heterocycles. The quantitative estimate of drug-likeness (QED) is 0.664. The molecule has 2 rings (SSSR count). The van der Waals surface area contributed by atoms with Crippen molar-refractivity contribution in [1.82, 2.24) is 5.43 Å². The summed E-state index contributed by atoms with van der Waals surface area (Å²) in [7, 11) is 0.